The van der Waals surface area contributed by atoms with Crippen LogP contribution in [-0.4, -0.2) is 47.5 Å². The third-order valence-corrected chi connectivity index (χ3v) is 2.30. The number of nitro benzene ring substituents is 1. The number of aliphatic hydroxyl groups is 1. The normalized spacial score (nSPS) is 10.5. The highest BCUT2D eigenvalue weighted by atomic mass is 16.6. The van der Waals surface area contributed by atoms with E-state index in [9.17, 15) is 14.9 Å². The number of non-ortho nitro benzene ring substituents is 1. The van der Waals surface area contributed by atoms with E-state index in [-0.39, 0.29) is 24.6 Å². The molecule has 0 aromatic heterocycles. The Kier molecular flexibility index (Phi) is 4.74. The number of aliphatic hydroxyl groups excluding tert-OH is 1. The molecule has 1 aromatic rings. The molecular weight excluding hydrogens is 224 g/mol. The summed E-state index contributed by atoms with van der Waals surface area (Å²) >= 11 is 0. The Morgan fingerprint density at radius 2 is 2.00 bits per heavy atom. The van der Waals surface area contributed by atoms with Gasteiger partial charge in [-0.2, -0.15) is 0 Å². The molecule has 0 amide bonds. The molecule has 0 aliphatic rings. The molecular formula is C11H14N2O4. The highest BCUT2D eigenvalue weighted by Gasteiger charge is 2.11. The summed E-state index contributed by atoms with van der Waals surface area (Å²) in [6.07, 6.45) is 0. The molecule has 1 aromatic carbocycles. The van der Waals surface area contributed by atoms with E-state index in [0.29, 0.717) is 12.1 Å². The second-order valence-corrected chi connectivity index (χ2v) is 3.69. The third-order valence-electron chi connectivity index (χ3n) is 2.30. The van der Waals surface area contributed by atoms with E-state index >= 15 is 0 Å². The number of nitro groups is 1. The Morgan fingerprint density at radius 1 is 1.41 bits per heavy atom. The maximum atomic E-state index is 11.7. The van der Waals surface area contributed by atoms with E-state index in [1.807, 2.05) is 0 Å². The van der Waals surface area contributed by atoms with E-state index in [0.717, 1.165) is 0 Å². The summed E-state index contributed by atoms with van der Waals surface area (Å²) in [7, 11) is 1.72. The van der Waals surface area contributed by atoms with Crippen molar-refractivity contribution in [2.24, 2.45) is 0 Å². The number of carbonyl (C=O) groups excluding carboxylic acids is 1. The molecule has 0 saturated carbocycles. The van der Waals surface area contributed by atoms with Crippen molar-refractivity contribution < 1.29 is 14.8 Å². The van der Waals surface area contributed by atoms with Crippen molar-refractivity contribution >= 4 is 11.5 Å². The zero-order chi connectivity index (χ0) is 12.8. The number of likely N-dealkylation sites (N-methyl/N-ethyl adjacent to an activating group) is 1. The van der Waals surface area contributed by atoms with Crippen molar-refractivity contribution in [1.29, 1.82) is 0 Å². The number of carbonyl (C=O) groups is 1. The van der Waals surface area contributed by atoms with Gasteiger partial charge in [0.05, 0.1) is 18.1 Å². The van der Waals surface area contributed by atoms with E-state index < -0.39 is 4.92 Å². The number of nitrogens with zero attached hydrogens (tertiary/aromatic N) is 2. The van der Waals surface area contributed by atoms with Gasteiger partial charge in [-0.1, -0.05) is 0 Å². The first-order valence-electron chi connectivity index (χ1n) is 5.11. The maximum absolute atomic E-state index is 11.7. The maximum Gasteiger partial charge on any atom is 0.269 e. The second-order valence-electron chi connectivity index (χ2n) is 3.69. The number of hydrogen-bond acceptors (Lipinski definition) is 5. The molecule has 0 aliphatic carbocycles. The Hall–Kier alpha value is -1.79. The van der Waals surface area contributed by atoms with Crippen LogP contribution in [0.5, 0.6) is 0 Å². The molecule has 1 N–H and O–H groups in total. The SMILES string of the molecule is CN(CCO)CC(=O)c1ccc([N+](=O)[O-])cc1. The van der Waals surface area contributed by atoms with Gasteiger partial charge in [0.1, 0.15) is 0 Å². The van der Waals surface area contributed by atoms with Crippen molar-refractivity contribution in [3.05, 3.63) is 39.9 Å². The van der Waals surface area contributed by atoms with Gasteiger partial charge in [-0.3, -0.25) is 19.8 Å². The zero-order valence-electron chi connectivity index (χ0n) is 9.50. The highest BCUT2D eigenvalue weighted by Crippen LogP contribution is 2.12. The van der Waals surface area contributed by atoms with Gasteiger partial charge in [0.2, 0.25) is 0 Å². The van der Waals surface area contributed by atoms with Crippen LogP contribution in [0.15, 0.2) is 24.3 Å². The van der Waals surface area contributed by atoms with Crippen LogP contribution in [0.3, 0.4) is 0 Å². The number of benzene rings is 1. The monoisotopic (exact) mass is 238 g/mol. The summed E-state index contributed by atoms with van der Waals surface area (Å²) in [5.74, 6) is -0.129. The molecule has 6 nitrogen and oxygen atoms in total. The third kappa shape index (κ3) is 3.93. The molecule has 0 unspecified atom stereocenters. The number of Topliss-reactive ketones (excluding diaryl/α,β-unsaturated/α-hetero) is 1. The van der Waals surface area contributed by atoms with Crippen LogP contribution in [0.4, 0.5) is 5.69 Å². The van der Waals surface area contributed by atoms with Crippen molar-refractivity contribution in [2.75, 3.05) is 26.7 Å². The molecule has 0 fully saturated rings. The number of hydrogen-bond donors (Lipinski definition) is 1. The van der Waals surface area contributed by atoms with Crippen LogP contribution in [0.25, 0.3) is 0 Å². The summed E-state index contributed by atoms with van der Waals surface area (Å²) in [4.78, 5) is 23.3. The first-order valence-corrected chi connectivity index (χ1v) is 5.11. The van der Waals surface area contributed by atoms with Gasteiger partial charge < -0.3 is 5.11 Å². The van der Waals surface area contributed by atoms with Crippen molar-refractivity contribution in [3.8, 4) is 0 Å². The van der Waals surface area contributed by atoms with Crippen molar-refractivity contribution in [2.45, 2.75) is 0 Å². The summed E-state index contributed by atoms with van der Waals surface area (Å²) in [5, 5.41) is 19.1. The minimum absolute atomic E-state index is 0.00988. The van der Waals surface area contributed by atoms with Gasteiger partial charge in [0.15, 0.2) is 5.78 Å². The standard InChI is InChI=1S/C11H14N2O4/c1-12(6-7-14)8-11(15)9-2-4-10(5-3-9)13(16)17/h2-5,14H,6-8H2,1H3. The van der Waals surface area contributed by atoms with Crippen molar-refractivity contribution in [3.63, 3.8) is 0 Å². The lowest BCUT2D eigenvalue weighted by atomic mass is 10.1. The first-order chi connectivity index (χ1) is 8.04. The second kappa shape index (κ2) is 6.07. The lowest BCUT2D eigenvalue weighted by Crippen LogP contribution is -2.28. The Labute approximate surface area is 98.6 Å². The fraction of sp³-hybridized carbons (Fsp3) is 0.364. The summed E-state index contributed by atoms with van der Waals surface area (Å²) in [6, 6.07) is 5.49. The average molecular weight is 238 g/mol. The largest absolute Gasteiger partial charge is 0.395 e. The van der Waals surface area contributed by atoms with Crippen LogP contribution in [0, 0.1) is 10.1 Å². The van der Waals surface area contributed by atoms with Crippen LogP contribution in [0.2, 0.25) is 0 Å². The van der Waals surface area contributed by atoms with Gasteiger partial charge in [-0.05, 0) is 19.2 Å². The number of rotatable bonds is 6. The predicted octanol–water partition coefficient (Wildman–Crippen LogP) is 0.702. The Morgan fingerprint density at radius 3 is 2.47 bits per heavy atom. The fourth-order valence-electron chi connectivity index (χ4n) is 1.36. The molecule has 0 bridgehead atoms. The minimum atomic E-state index is -0.508. The molecule has 0 aliphatic heterocycles. The van der Waals surface area contributed by atoms with Gasteiger partial charge in [-0.15, -0.1) is 0 Å². The topological polar surface area (TPSA) is 83.7 Å². The van der Waals surface area contributed by atoms with Crippen LogP contribution in [0.1, 0.15) is 10.4 Å². The van der Waals surface area contributed by atoms with Gasteiger partial charge in [0.25, 0.3) is 5.69 Å². The molecule has 92 valence electrons. The highest BCUT2D eigenvalue weighted by molar-refractivity contribution is 5.97. The van der Waals surface area contributed by atoms with Crippen molar-refractivity contribution in [1.82, 2.24) is 4.90 Å². The smallest absolute Gasteiger partial charge is 0.269 e. The summed E-state index contributed by atoms with van der Waals surface area (Å²) < 4.78 is 0. The molecule has 17 heavy (non-hydrogen) atoms. The van der Waals surface area contributed by atoms with E-state index in [1.54, 1.807) is 11.9 Å². The summed E-state index contributed by atoms with van der Waals surface area (Å²) in [5.41, 5.74) is 0.394. The van der Waals surface area contributed by atoms with Crippen LogP contribution < -0.4 is 0 Å². The lowest BCUT2D eigenvalue weighted by Gasteiger charge is -2.13. The van der Waals surface area contributed by atoms with E-state index in [4.69, 9.17) is 5.11 Å². The van der Waals surface area contributed by atoms with E-state index in [2.05, 4.69) is 0 Å². The molecule has 0 heterocycles. The molecule has 0 atom stereocenters. The van der Waals surface area contributed by atoms with Gasteiger partial charge >= 0.3 is 0 Å². The fourth-order valence-corrected chi connectivity index (χ4v) is 1.36. The molecule has 0 saturated heterocycles. The lowest BCUT2D eigenvalue weighted by molar-refractivity contribution is -0.384. The van der Waals surface area contributed by atoms with Gasteiger partial charge in [-0.25, -0.2) is 0 Å². The summed E-state index contributed by atoms with van der Waals surface area (Å²) in [6.45, 7) is 0.584. The Bertz CT molecular complexity index is 402. The molecule has 0 radical (unpaired) electrons. The quantitative estimate of drug-likeness (QED) is 0.448. The van der Waals surface area contributed by atoms with Crippen LogP contribution >= 0.6 is 0 Å². The molecule has 0 spiro atoms. The van der Waals surface area contributed by atoms with Gasteiger partial charge in [0, 0.05) is 24.2 Å². The Balaban J connectivity index is 2.66. The molecule has 6 heteroatoms. The average Bonchev–Trinajstić information content (AvgIpc) is 2.29. The van der Waals surface area contributed by atoms with Crippen LogP contribution in [-0.2, 0) is 0 Å². The van der Waals surface area contributed by atoms with E-state index in [1.165, 1.54) is 24.3 Å². The predicted molar refractivity (Wildman–Crippen MR) is 62.0 cm³/mol. The first kappa shape index (κ1) is 13.3. The minimum Gasteiger partial charge on any atom is -0.395 e. The molecule has 1 rings (SSSR count). The zero-order valence-corrected chi connectivity index (χ0v) is 9.50. The number of ketones is 1.